The number of thiazole rings is 1. The van der Waals surface area contributed by atoms with Crippen LogP contribution in [0.4, 0.5) is 5.13 Å². The van der Waals surface area contributed by atoms with Gasteiger partial charge >= 0.3 is 5.97 Å². The first kappa shape index (κ1) is 31.7. The standard InChI is InChI=1S/C32H47N3O5S2/c1-6-30(4)15-24(31(5)20(2)9-11-32(21(3)28(30)39)12-10-23(36)27(31)32)40-26(38)19-41-17-22-18-42-29(33-22)34-25(37)16-35-13-7-8-14-35/h6,18,20-21,24,27-28,39H,1,7-17,19H2,2-5H3,(H,33,34,37)/t20-,21+,24-,27-,28+,30-,31+,32+/m1/s1. The van der Waals surface area contributed by atoms with Crippen molar-refractivity contribution >= 4 is 45.9 Å². The lowest BCUT2D eigenvalue weighted by Gasteiger charge is -2.61. The van der Waals surface area contributed by atoms with Gasteiger partial charge in [-0.3, -0.25) is 19.3 Å². The Morgan fingerprint density at radius 1 is 1.29 bits per heavy atom. The van der Waals surface area contributed by atoms with Gasteiger partial charge in [0, 0.05) is 34.3 Å². The number of ether oxygens (including phenoxy) is 1. The highest BCUT2D eigenvalue weighted by Gasteiger charge is 2.68. The van der Waals surface area contributed by atoms with Crippen LogP contribution in [0.3, 0.4) is 0 Å². The highest BCUT2D eigenvalue weighted by atomic mass is 32.2. The average molecular weight is 618 g/mol. The Morgan fingerprint density at radius 3 is 2.74 bits per heavy atom. The van der Waals surface area contributed by atoms with Crippen molar-refractivity contribution in [2.24, 2.45) is 34.0 Å². The third-order valence-electron chi connectivity index (χ3n) is 11.4. The third-order valence-corrected chi connectivity index (χ3v) is 13.2. The first-order chi connectivity index (χ1) is 19.9. The van der Waals surface area contributed by atoms with E-state index in [2.05, 4.69) is 42.6 Å². The van der Waals surface area contributed by atoms with E-state index in [1.54, 1.807) is 0 Å². The van der Waals surface area contributed by atoms with Crippen molar-refractivity contribution in [3.8, 4) is 0 Å². The zero-order valence-electron chi connectivity index (χ0n) is 25.5. The molecule has 0 radical (unpaired) electrons. The van der Waals surface area contributed by atoms with E-state index in [1.165, 1.54) is 23.1 Å². The van der Waals surface area contributed by atoms with Gasteiger partial charge in [0.1, 0.15) is 11.9 Å². The van der Waals surface area contributed by atoms with Crippen LogP contribution in [0.15, 0.2) is 18.0 Å². The summed E-state index contributed by atoms with van der Waals surface area (Å²) in [7, 11) is 0. The number of aromatic nitrogens is 1. The van der Waals surface area contributed by atoms with Gasteiger partial charge in [-0.15, -0.1) is 29.7 Å². The summed E-state index contributed by atoms with van der Waals surface area (Å²) >= 11 is 2.82. The Bertz CT molecular complexity index is 1200. The minimum absolute atomic E-state index is 0.0468. The maximum atomic E-state index is 13.6. The number of thioether (sulfide) groups is 1. The lowest BCUT2D eigenvalue weighted by atomic mass is 9.44. The van der Waals surface area contributed by atoms with Gasteiger partial charge in [0.2, 0.25) is 5.91 Å². The minimum atomic E-state index is -0.674. The summed E-state index contributed by atoms with van der Waals surface area (Å²) in [6.07, 6.45) is 6.54. The fraction of sp³-hybridized carbons (Fsp3) is 0.750. The molecule has 0 unspecified atom stereocenters. The molecule has 10 heteroatoms. The van der Waals surface area contributed by atoms with Crippen LogP contribution in [0.2, 0.25) is 0 Å². The molecule has 3 saturated carbocycles. The minimum Gasteiger partial charge on any atom is -0.461 e. The van der Waals surface area contributed by atoms with Gasteiger partial charge in [-0.1, -0.05) is 33.8 Å². The van der Waals surface area contributed by atoms with Crippen LogP contribution in [0, 0.1) is 34.0 Å². The summed E-state index contributed by atoms with van der Waals surface area (Å²) < 4.78 is 6.33. The lowest BCUT2D eigenvalue weighted by molar-refractivity contribution is -0.205. The van der Waals surface area contributed by atoms with Crippen molar-refractivity contribution in [1.82, 2.24) is 9.88 Å². The van der Waals surface area contributed by atoms with E-state index >= 15 is 0 Å². The number of carbonyl (C=O) groups is 3. The van der Waals surface area contributed by atoms with Crippen LogP contribution < -0.4 is 5.32 Å². The number of Topliss-reactive ketones (excluding diaryl/α,β-unsaturated/α-hetero) is 1. The van der Waals surface area contributed by atoms with Crippen LogP contribution >= 0.6 is 23.1 Å². The molecule has 1 amide bonds. The fourth-order valence-electron chi connectivity index (χ4n) is 8.67. The number of aliphatic hydroxyl groups is 1. The third kappa shape index (κ3) is 5.73. The summed E-state index contributed by atoms with van der Waals surface area (Å²) in [5.41, 5.74) is -0.628. The number of anilines is 1. The van der Waals surface area contributed by atoms with E-state index in [9.17, 15) is 19.5 Å². The molecule has 232 valence electrons. The number of aliphatic hydroxyl groups excluding tert-OH is 1. The fourth-order valence-corrected chi connectivity index (χ4v) is 10.2. The summed E-state index contributed by atoms with van der Waals surface area (Å²) in [4.78, 5) is 45.9. The Morgan fingerprint density at radius 2 is 2.02 bits per heavy atom. The molecule has 1 aliphatic heterocycles. The molecular formula is C32H47N3O5S2. The largest absolute Gasteiger partial charge is 0.461 e. The molecule has 5 rings (SSSR count). The summed E-state index contributed by atoms with van der Waals surface area (Å²) in [6.45, 7) is 14.9. The molecule has 42 heavy (non-hydrogen) atoms. The maximum Gasteiger partial charge on any atom is 0.316 e. The van der Waals surface area contributed by atoms with Gasteiger partial charge in [-0.05, 0) is 68.9 Å². The molecule has 2 heterocycles. The normalized spacial score (nSPS) is 38.4. The van der Waals surface area contributed by atoms with E-state index in [-0.39, 0.29) is 46.6 Å². The van der Waals surface area contributed by atoms with Crippen LogP contribution in [0.5, 0.6) is 0 Å². The van der Waals surface area contributed by atoms with E-state index in [1.807, 2.05) is 18.4 Å². The van der Waals surface area contributed by atoms with Crippen LogP contribution in [0.25, 0.3) is 0 Å². The molecular weight excluding hydrogens is 571 g/mol. The van der Waals surface area contributed by atoms with Crippen molar-refractivity contribution in [3.05, 3.63) is 23.7 Å². The van der Waals surface area contributed by atoms with E-state index < -0.39 is 23.0 Å². The molecule has 2 N–H and O–H groups in total. The Hall–Kier alpha value is -1.75. The smallest absolute Gasteiger partial charge is 0.316 e. The second kappa shape index (κ2) is 12.3. The number of likely N-dealkylation sites (tertiary alicyclic amines) is 1. The predicted molar refractivity (Wildman–Crippen MR) is 167 cm³/mol. The van der Waals surface area contributed by atoms with Crippen LogP contribution in [-0.2, 0) is 24.9 Å². The molecule has 4 aliphatic rings. The lowest BCUT2D eigenvalue weighted by Crippen LogP contribution is -2.63. The zero-order valence-corrected chi connectivity index (χ0v) is 27.2. The molecule has 1 aromatic heterocycles. The first-order valence-corrected chi connectivity index (χ1v) is 17.5. The van der Waals surface area contributed by atoms with Gasteiger partial charge < -0.3 is 15.2 Å². The second-order valence-corrected chi connectivity index (χ2v) is 15.6. The van der Waals surface area contributed by atoms with E-state index in [0.29, 0.717) is 30.3 Å². The Kier molecular flexibility index (Phi) is 9.30. The Balaban J connectivity index is 1.24. The van der Waals surface area contributed by atoms with Gasteiger partial charge in [0.15, 0.2) is 5.13 Å². The monoisotopic (exact) mass is 617 g/mol. The molecule has 0 aromatic carbocycles. The van der Waals surface area contributed by atoms with Crippen molar-refractivity contribution in [2.75, 3.05) is 30.7 Å². The van der Waals surface area contributed by atoms with Gasteiger partial charge in [0.05, 0.1) is 24.1 Å². The first-order valence-electron chi connectivity index (χ1n) is 15.5. The summed E-state index contributed by atoms with van der Waals surface area (Å²) in [5.74, 6) is 0.496. The van der Waals surface area contributed by atoms with Crippen molar-refractivity contribution in [2.45, 2.75) is 90.6 Å². The number of esters is 1. The van der Waals surface area contributed by atoms with E-state index in [0.717, 1.165) is 50.9 Å². The highest BCUT2D eigenvalue weighted by Crippen LogP contribution is 2.68. The van der Waals surface area contributed by atoms with Gasteiger partial charge in [-0.2, -0.15) is 0 Å². The number of hydrogen-bond donors (Lipinski definition) is 2. The second-order valence-electron chi connectivity index (χ2n) is 13.7. The number of nitrogens with one attached hydrogen (secondary N) is 1. The predicted octanol–water partition coefficient (Wildman–Crippen LogP) is 5.32. The summed E-state index contributed by atoms with van der Waals surface area (Å²) in [5, 5.41) is 17.1. The summed E-state index contributed by atoms with van der Waals surface area (Å²) in [6, 6.07) is 0. The van der Waals surface area contributed by atoms with Crippen molar-refractivity contribution in [1.29, 1.82) is 0 Å². The number of nitrogens with zero attached hydrogens (tertiary/aromatic N) is 2. The SMILES string of the molecule is C=C[C@]1(C)C[C@@H](OC(=O)CSCc2csc(NC(=O)CN3CCCC3)n2)[C@]2(C)[C@H](C)CC[C@]3(CCC(=O)[C@@H]32)[C@@H](C)[C@@H]1O. The van der Waals surface area contributed by atoms with Crippen LogP contribution in [-0.4, -0.2) is 70.2 Å². The molecule has 1 saturated heterocycles. The quantitative estimate of drug-likeness (QED) is 0.283. The van der Waals surface area contributed by atoms with Gasteiger partial charge in [-0.25, -0.2) is 4.98 Å². The molecule has 8 nitrogen and oxygen atoms in total. The van der Waals surface area contributed by atoms with Crippen LogP contribution in [0.1, 0.15) is 78.3 Å². The maximum absolute atomic E-state index is 13.6. The number of hydrogen-bond acceptors (Lipinski definition) is 9. The number of amides is 1. The zero-order chi connectivity index (χ0) is 30.3. The number of ketones is 1. The van der Waals surface area contributed by atoms with Gasteiger partial charge in [0.25, 0.3) is 0 Å². The average Bonchev–Trinajstić information content (AvgIpc) is 3.71. The molecule has 3 aliphatic carbocycles. The molecule has 4 fully saturated rings. The number of rotatable bonds is 9. The van der Waals surface area contributed by atoms with Crippen molar-refractivity contribution in [3.63, 3.8) is 0 Å². The van der Waals surface area contributed by atoms with E-state index in [4.69, 9.17) is 4.74 Å². The molecule has 0 spiro atoms. The number of carbonyl (C=O) groups excluding carboxylic acids is 3. The Labute approximate surface area is 258 Å². The molecule has 2 bridgehead atoms. The van der Waals surface area contributed by atoms with Crippen molar-refractivity contribution < 1.29 is 24.2 Å². The highest BCUT2D eigenvalue weighted by molar-refractivity contribution is 7.99. The topological polar surface area (TPSA) is 109 Å². The molecule has 8 atom stereocenters. The molecule has 1 aromatic rings.